The molecule has 1 heterocycles. The van der Waals surface area contributed by atoms with E-state index in [2.05, 4.69) is 26.2 Å². The first-order valence-corrected chi connectivity index (χ1v) is 6.61. The second-order valence-corrected chi connectivity index (χ2v) is 4.83. The number of nitrogens with one attached hydrogen (secondary N) is 1. The summed E-state index contributed by atoms with van der Waals surface area (Å²) in [5.41, 5.74) is 1.43. The maximum absolute atomic E-state index is 13.9. The van der Waals surface area contributed by atoms with Gasteiger partial charge in [-0.05, 0) is 40.7 Å². The zero-order valence-electron chi connectivity index (χ0n) is 10.0. The summed E-state index contributed by atoms with van der Waals surface area (Å²) >= 11 is 3.35. The van der Waals surface area contributed by atoms with Gasteiger partial charge in [0.1, 0.15) is 5.82 Å². The quantitative estimate of drug-likeness (QED) is 0.932. The SMILES string of the molecule is CCNC(c1ccc(Br)cn1)c1ccccc1F. The summed E-state index contributed by atoms with van der Waals surface area (Å²) in [6.07, 6.45) is 1.72. The van der Waals surface area contributed by atoms with E-state index in [0.29, 0.717) is 5.56 Å². The molecular weight excluding hydrogens is 295 g/mol. The minimum absolute atomic E-state index is 0.215. The maximum Gasteiger partial charge on any atom is 0.128 e. The molecule has 0 fully saturated rings. The maximum atomic E-state index is 13.9. The molecule has 0 saturated carbocycles. The standard InChI is InChI=1S/C14H14BrFN2/c1-2-17-14(11-5-3-4-6-12(11)16)13-8-7-10(15)9-18-13/h3-9,14,17H,2H2,1H3. The Morgan fingerprint density at radius 2 is 2.06 bits per heavy atom. The van der Waals surface area contributed by atoms with Gasteiger partial charge in [-0.15, -0.1) is 0 Å². The average molecular weight is 309 g/mol. The third kappa shape index (κ3) is 2.94. The van der Waals surface area contributed by atoms with Crippen molar-refractivity contribution in [1.29, 1.82) is 0 Å². The normalized spacial score (nSPS) is 12.4. The van der Waals surface area contributed by atoms with Crippen molar-refractivity contribution in [3.63, 3.8) is 0 Å². The van der Waals surface area contributed by atoms with Gasteiger partial charge in [0.2, 0.25) is 0 Å². The van der Waals surface area contributed by atoms with Crippen LogP contribution in [0.25, 0.3) is 0 Å². The van der Waals surface area contributed by atoms with Crippen molar-refractivity contribution >= 4 is 15.9 Å². The number of benzene rings is 1. The van der Waals surface area contributed by atoms with Crippen molar-refractivity contribution in [3.05, 3.63) is 64.1 Å². The summed E-state index contributed by atoms with van der Waals surface area (Å²) in [4.78, 5) is 4.34. The number of hydrogen-bond donors (Lipinski definition) is 1. The molecule has 0 bridgehead atoms. The fourth-order valence-electron chi connectivity index (χ4n) is 1.85. The van der Waals surface area contributed by atoms with E-state index in [9.17, 15) is 4.39 Å². The van der Waals surface area contributed by atoms with Crippen LogP contribution in [0.3, 0.4) is 0 Å². The minimum Gasteiger partial charge on any atom is -0.305 e. The lowest BCUT2D eigenvalue weighted by Gasteiger charge is -2.18. The molecule has 2 rings (SSSR count). The van der Waals surface area contributed by atoms with Crippen LogP contribution in [0.5, 0.6) is 0 Å². The number of nitrogens with zero attached hydrogens (tertiary/aromatic N) is 1. The number of rotatable bonds is 4. The summed E-state index contributed by atoms with van der Waals surface area (Å²) in [5, 5.41) is 3.26. The Kier molecular flexibility index (Phi) is 4.44. The van der Waals surface area contributed by atoms with Crippen molar-refractivity contribution in [2.45, 2.75) is 13.0 Å². The zero-order chi connectivity index (χ0) is 13.0. The number of aromatic nitrogens is 1. The van der Waals surface area contributed by atoms with Crippen LogP contribution in [-0.2, 0) is 0 Å². The van der Waals surface area contributed by atoms with Crippen molar-refractivity contribution in [2.75, 3.05) is 6.54 Å². The van der Waals surface area contributed by atoms with E-state index in [1.54, 1.807) is 18.3 Å². The smallest absolute Gasteiger partial charge is 0.128 e. The van der Waals surface area contributed by atoms with Gasteiger partial charge in [-0.1, -0.05) is 25.1 Å². The molecule has 1 aromatic carbocycles. The molecule has 2 aromatic rings. The zero-order valence-corrected chi connectivity index (χ0v) is 11.6. The minimum atomic E-state index is -0.218. The van der Waals surface area contributed by atoms with Crippen molar-refractivity contribution in [3.8, 4) is 0 Å². The first kappa shape index (κ1) is 13.2. The van der Waals surface area contributed by atoms with Gasteiger partial charge in [-0.25, -0.2) is 4.39 Å². The van der Waals surface area contributed by atoms with E-state index in [1.807, 2.05) is 25.1 Å². The molecule has 1 aromatic heterocycles. The van der Waals surface area contributed by atoms with Crippen LogP contribution < -0.4 is 5.32 Å². The molecular formula is C14H14BrFN2. The summed E-state index contributed by atoms with van der Waals surface area (Å²) in [5.74, 6) is -0.215. The third-order valence-electron chi connectivity index (χ3n) is 2.67. The molecule has 1 unspecified atom stereocenters. The molecule has 1 atom stereocenters. The van der Waals surface area contributed by atoms with Crippen LogP contribution in [0.1, 0.15) is 24.2 Å². The molecule has 1 N–H and O–H groups in total. The Hall–Kier alpha value is -1.26. The molecule has 0 aliphatic carbocycles. The topological polar surface area (TPSA) is 24.9 Å². The van der Waals surface area contributed by atoms with Gasteiger partial charge in [0.15, 0.2) is 0 Å². The van der Waals surface area contributed by atoms with Crippen LogP contribution >= 0.6 is 15.9 Å². The summed E-state index contributed by atoms with van der Waals surface area (Å²) in [6.45, 7) is 2.74. The van der Waals surface area contributed by atoms with E-state index >= 15 is 0 Å². The van der Waals surface area contributed by atoms with Crippen molar-refractivity contribution < 1.29 is 4.39 Å². The van der Waals surface area contributed by atoms with Gasteiger partial charge >= 0.3 is 0 Å². The second-order valence-electron chi connectivity index (χ2n) is 3.91. The lowest BCUT2D eigenvalue weighted by molar-refractivity contribution is 0.552. The Labute approximate surface area is 114 Å². The summed E-state index contributed by atoms with van der Waals surface area (Å²) < 4.78 is 14.8. The lowest BCUT2D eigenvalue weighted by Crippen LogP contribution is -2.23. The average Bonchev–Trinajstić information content (AvgIpc) is 2.38. The van der Waals surface area contributed by atoms with Crippen LogP contribution in [0.15, 0.2) is 47.1 Å². The number of hydrogen-bond acceptors (Lipinski definition) is 2. The fourth-order valence-corrected chi connectivity index (χ4v) is 2.08. The van der Waals surface area contributed by atoms with E-state index in [4.69, 9.17) is 0 Å². The first-order valence-electron chi connectivity index (χ1n) is 5.81. The Morgan fingerprint density at radius 1 is 1.28 bits per heavy atom. The van der Waals surface area contributed by atoms with Gasteiger partial charge in [-0.2, -0.15) is 0 Å². The predicted octanol–water partition coefficient (Wildman–Crippen LogP) is 3.68. The molecule has 0 amide bonds. The summed E-state index contributed by atoms with van der Waals surface area (Å²) in [7, 11) is 0. The third-order valence-corrected chi connectivity index (χ3v) is 3.14. The largest absolute Gasteiger partial charge is 0.305 e. The van der Waals surface area contributed by atoms with Crippen LogP contribution in [0.2, 0.25) is 0 Å². The Morgan fingerprint density at radius 3 is 2.67 bits per heavy atom. The highest BCUT2D eigenvalue weighted by molar-refractivity contribution is 9.10. The molecule has 0 aliphatic rings. The summed E-state index contributed by atoms with van der Waals surface area (Å²) in [6, 6.07) is 10.4. The van der Waals surface area contributed by atoms with Crippen LogP contribution in [-0.4, -0.2) is 11.5 Å². The molecule has 0 aliphatic heterocycles. The van der Waals surface area contributed by atoms with Gasteiger partial charge in [0.25, 0.3) is 0 Å². The monoisotopic (exact) mass is 308 g/mol. The van der Waals surface area contributed by atoms with E-state index < -0.39 is 0 Å². The van der Waals surface area contributed by atoms with Gasteiger partial charge in [0.05, 0.1) is 11.7 Å². The highest BCUT2D eigenvalue weighted by Gasteiger charge is 2.17. The van der Waals surface area contributed by atoms with Gasteiger partial charge in [0, 0.05) is 16.2 Å². The van der Waals surface area contributed by atoms with Gasteiger partial charge < -0.3 is 5.32 Å². The van der Waals surface area contributed by atoms with Crippen LogP contribution in [0, 0.1) is 5.82 Å². The molecule has 18 heavy (non-hydrogen) atoms. The van der Waals surface area contributed by atoms with E-state index in [1.165, 1.54) is 6.07 Å². The van der Waals surface area contributed by atoms with E-state index in [0.717, 1.165) is 16.7 Å². The Bertz CT molecular complexity index is 513. The second kappa shape index (κ2) is 6.07. The number of pyridine rings is 1. The van der Waals surface area contributed by atoms with Gasteiger partial charge in [-0.3, -0.25) is 4.98 Å². The molecule has 2 nitrogen and oxygen atoms in total. The Balaban J connectivity index is 2.40. The van der Waals surface area contributed by atoms with Crippen molar-refractivity contribution in [1.82, 2.24) is 10.3 Å². The van der Waals surface area contributed by atoms with Crippen molar-refractivity contribution in [2.24, 2.45) is 0 Å². The van der Waals surface area contributed by atoms with E-state index in [-0.39, 0.29) is 11.9 Å². The molecule has 94 valence electrons. The predicted molar refractivity (Wildman–Crippen MR) is 73.9 cm³/mol. The molecule has 4 heteroatoms. The van der Waals surface area contributed by atoms with Crippen LogP contribution in [0.4, 0.5) is 4.39 Å². The molecule has 0 radical (unpaired) electrons. The lowest BCUT2D eigenvalue weighted by atomic mass is 10.0. The number of halogens is 2. The highest BCUT2D eigenvalue weighted by Crippen LogP contribution is 2.23. The molecule has 0 spiro atoms. The fraction of sp³-hybridized carbons (Fsp3) is 0.214. The molecule has 0 saturated heterocycles. The highest BCUT2D eigenvalue weighted by atomic mass is 79.9. The first-order chi connectivity index (χ1) is 8.72.